The molecule has 0 aliphatic heterocycles. The summed E-state index contributed by atoms with van der Waals surface area (Å²) in [7, 11) is 0. The zero-order valence-corrected chi connectivity index (χ0v) is 14.5. The van der Waals surface area contributed by atoms with Gasteiger partial charge in [-0.2, -0.15) is 0 Å². The number of Topliss-reactive ketones (excluding diaryl/α,β-unsaturated/α-hetero) is 1. The average molecular weight is 360 g/mol. The molecule has 0 aromatic heterocycles. The number of halogens is 1. The van der Waals surface area contributed by atoms with Crippen molar-refractivity contribution in [3.05, 3.63) is 70.7 Å². The molecular weight excluding hydrogens is 342 g/mol. The lowest BCUT2D eigenvalue weighted by molar-refractivity contribution is -0.147. The third-order valence-electron chi connectivity index (χ3n) is 3.47. The van der Waals surface area contributed by atoms with Gasteiger partial charge < -0.3 is 10.1 Å². The molecule has 0 radical (unpaired) electrons. The first-order valence-corrected chi connectivity index (χ1v) is 8.20. The fourth-order valence-corrected chi connectivity index (χ4v) is 2.26. The highest BCUT2D eigenvalue weighted by atomic mass is 35.5. The maximum Gasteiger partial charge on any atom is 0.326 e. The number of benzene rings is 2. The monoisotopic (exact) mass is 359 g/mol. The Morgan fingerprint density at radius 2 is 1.68 bits per heavy atom. The summed E-state index contributed by atoms with van der Waals surface area (Å²) in [5.74, 6) is -1.31. The predicted octanol–water partition coefficient (Wildman–Crippen LogP) is 3.33. The van der Waals surface area contributed by atoms with Crippen molar-refractivity contribution >= 4 is 29.3 Å². The Morgan fingerprint density at radius 3 is 2.28 bits per heavy atom. The van der Waals surface area contributed by atoms with Crippen molar-refractivity contribution in [3.8, 4) is 0 Å². The first-order chi connectivity index (χ1) is 12.0. The van der Waals surface area contributed by atoms with E-state index in [1.165, 1.54) is 0 Å². The van der Waals surface area contributed by atoms with Crippen LogP contribution in [0.5, 0.6) is 0 Å². The Hall–Kier alpha value is -2.66. The zero-order chi connectivity index (χ0) is 18.2. The molecule has 0 unspecified atom stereocenters. The highest BCUT2D eigenvalue weighted by Gasteiger charge is 2.26. The molecule has 0 spiro atoms. The van der Waals surface area contributed by atoms with Gasteiger partial charge in [-0.15, -0.1) is 0 Å². The second-order valence-electron chi connectivity index (χ2n) is 5.28. The highest BCUT2D eigenvalue weighted by Crippen LogP contribution is 2.24. The van der Waals surface area contributed by atoms with E-state index in [0.29, 0.717) is 16.1 Å². The van der Waals surface area contributed by atoms with Crippen LogP contribution in [-0.4, -0.2) is 24.2 Å². The molecule has 130 valence electrons. The van der Waals surface area contributed by atoms with Crippen molar-refractivity contribution in [1.29, 1.82) is 0 Å². The van der Waals surface area contributed by atoms with Crippen LogP contribution >= 0.6 is 11.6 Å². The third kappa shape index (κ3) is 5.43. The van der Waals surface area contributed by atoms with E-state index >= 15 is 0 Å². The van der Waals surface area contributed by atoms with Crippen LogP contribution in [-0.2, 0) is 14.3 Å². The fraction of sp³-hybridized carbons (Fsp3) is 0.211. The second-order valence-corrected chi connectivity index (χ2v) is 5.72. The maximum atomic E-state index is 12.8. The maximum absolute atomic E-state index is 12.8. The van der Waals surface area contributed by atoms with Crippen molar-refractivity contribution in [3.63, 3.8) is 0 Å². The van der Waals surface area contributed by atoms with E-state index in [0.717, 1.165) is 0 Å². The Bertz CT molecular complexity index is 744. The Balaban J connectivity index is 2.20. The largest absolute Gasteiger partial charge is 0.448 e. The third-order valence-corrected chi connectivity index (χ3v) is 3.72. The van der Waals surface area contributed by atoms with Crippen LogP contribution in [0.15, 0.2) is 54.6 Å². The van der Waals surface area contributed by atoms with Crippen molar-refractivity contribution < 1.29 is 19.1 Å². The van der Waals surface area contributed by atoms with E-state index in [1.807, 2.05) is 0 Å². The summed E-state index contributed by atoms with van der Waals surface area (Å²) in [6.45, 7) is 1.38. The summed E-state index contributed by atoms with van der Waals surface area (Å²) >= 11 is 5.88. The molecule has 6 heteroatoms. The molecule has 0 saturated heterocycles. The van der Waals surface area contributed by atoms with Crippen molar-refractivity contribution in [2.45, 2.75) is 19.4 Å². The lowest BCUT2D eigenvalue weighted by Gasteiger charge is -2.18. The molecule has 1 atom stereocenters. The molecule has 1 amide bonds. The minimum atomic E-state index is -1.11. The van der Waals surface area contributed by atoms with Crippen molar-refractivity contribution in [1.82, 2.24) is 5.32 Å². The summed E-state index contributed by atoms with van der Waals surface area (Å²) in [6, 6.07) is 15.1. The standard InChI is InChI=1S/C19H18ClNO4/c1-2-16(22)21-12-17(23)25-19(14-8-10-15(20)11-9-14)18(24)13-6-4-3-5-7-13/h3-11,19H,2,12H2,1H3,(H,21,22)/t19-/m1/s1. The molecule has 25 heavy (non-hydrogen) atoms. The van der Waals surface area contributed by atoms with Crippen LogP contribution in [0, 0.1) is 0 Å². The van der Waals surface area contributed by atoms with Gasteiger partial charge in [0.1, 0.15) is 6.54 Å². The van der Waals surface area contributed by atoms with Crippen LogP contribution in [0.25, 0.3) is 0 Å². The fourth-order valence-electron chi connectivity index (χ4n) is 2.13. The van der Waals surface area contributed by atoms with E-state index in [9.17, 15) is 14.4 Å². The summed E-state index contributed by atoms with van der Waals surface area (Å²) in [4.78, 5) is 36.1. The molecule has 2 aromatic rings. The van der Waals surface area contributed by atoms with Gasteiger partial charge in [0.25, 0.3) is 0 Å². The van der Waals surface area contributed by atoms with Crippen LogP contribution in [0.1, 0.15) is 35.4 Å². The van der Waals surface area contributed by atoms with E-state index in [2.05, 4.69) is 5.32 Å². The molecule has 0 fully saturated rings. The first-order valence-electron chi connectivity index (χ1n) is 7.82. The summed E-state index contributed by atoms with van der Waals surface area (Å²) < 4.78 is 5.34. The Labute approximate surface area is 150 Å². The van der Waals surface area contributed by atoms with Gasteiger partial charge in [0, 0.05) is 22.6 Å². The van der Waals surface area contributed by atoms with Gasteiger partial charge in [-0.1, -0.05) is 61.0 Å². The van der Waals surface area contributed by atoms with E-state index in [-0.39, 0.29) is 24.7 Å². The minimum Gasteiger partial charge on any atom is -0.448 e. The summed E-state index contributed by atoms with van der Waals surface area (Å²) in [5, 5.41) is 2.94. The number of ether oxygens (including phenoxy) is 1. The number of hydrogen-bond donors (Lipinski definition) is 1. The van der Waals surface area contributed by atoms with Gasteiger partial charge in [-0.3, -0.25) is 14.4 Å². The van der Waals surface area contributed by atoms with E-state index in [4.69, 9.17) is 16.3 Å². The highest BCUT2D eigenvalue weighted by molar-refractivity contribution is 6.30. The lowest BCUT2D eigenvalue weighted by atomic mass is 10.00. The number of rotatable bonds is 7. The smallest absolute Gasteiger partial charge is 0.326 e. The van der Waals surface area contributed by atoms with Gasteiger partial charge in [-0.05, 0) is 12.1 Å². The quantitative estimate of drug-likeness (QED) is 0.608. The number of hydrogen-bond acceptors (Lipinski definition) is 4. The Kier molecular flexibility index (Phi) is 6.71. The molecule has 0 aliphatic carbocycles. The average Bonchev–Trinajstić information content (AvgIpc) is 2.65. The molecular formula is C19H18ClNO4. The van der Waals surface area contributed by atoms with Crippen LogP contribution in [0.2, 0.25) is 5.02 Å². The molecule has 2 aromatic carbocycles. The van der Waals surface area contributed by atoms with Gasteiger partial charge in [0.15, 0.2) is 6.10 Å². The Morgan fingerprint density at radius 1 is 1.04 bits per heavy atom. The molecule has 0 bridgehead atoms. The van der Waals surface area contributed by atoms with Crippen molar-refractivity contribution in [2.75, 3.05) is 6.54 Å². The normalized spacial score (nSPS) is 11.4. The van der Waals surface area contributed by atoms with Crippen molar-refractivity contribution in [2.24, 2.45) is 0 Å². The second kappa shape index (κ2) is 8.99. The SMILES string of the molecule is CCC(=O)NCC(=O)O[C@@H](C(=O)c1ccccc1)c1ccc(Cl)cc1. The van der Waals surface area contributed by atoms with E-state index < -0.39 is 12.1 Å². The lowest BCUT2D eigenvalue weighted by Crippen LogP contribution is -2.32. The topological polar surface area (TPSA) is 72.5 Å². The van der Waals surface area contributed by atoms with Crippen LogP contribution in [0.3, 0.4) is 0 Å². The van der Waals surface area contributed by atoms with E-state index in [1.54, 1.807) is 61.5 Å². The van der Waals surface area contributed by atoms with Gasteiger partial charge >= 0.3 is 5.97 Å². The first kappa shape index (κ1) is 18.7. The molecule has 1 N–H and O–H groups in total. The predicted molar refractivity (Wildman–Crippen MR) is 94.4 cm³/mol. The molecule has 0 saturated carbocycles. The van der Waals surface area contributed by atoms with Gasteiger partial charge in [-0.25, -0.2) is 0 Å². The number of nitrogens with one attached hydrogen (secondary N) is 1. The number of ketones is 1. The number of carbonyl (C=O) groups excluding carboxylic acids is 3. The summed E-state index contributed by atoms with van der Waals surface area (Å²) in [6.07, 6.45) is -0.845. The zero-order valence-electron chi connectivity index (χ0n) is 13.7. The molecule has 0 heterocycles. The molecule has 0 aliphatic rings. The number of amides is 1. The van der Waals surface area contributed by atoms with Gasteiger partial charge in [0.05, 0.1) is 0 Å². The number of esters is 1. The van der Waals surface area contributed by atoms with Gasteiger partial charge in [0.2, 0.25) is 11.7 Å². The number of carbonyl (C=O) groups is 3. The van der Waals surface area contributed by atoms with Crippen LogP contribution in [0.4, 0.5) is 0 Å². The van der Waals surface area contributed by atoms with Crippen LogP contribution < -0.4 is 5.32 Å². The minimum absolute atomic E-state index is 0.261. The molecule has 2 rings (SSSR count). The summed E-state index contributed by atoms with van der Waals surface area (Å²) in [5.41, 5.74) is 0.932. The molecule has 5 nitrogen and oxygen atoms in total.